The Hall–Kier alpha value is -3.38. The van der Waals surface area contributed by atoms with Crippen LogP contribution in [0.1, 0.15) is 43.2 Å². The molecule has 0 bridgehead atoms. The number of ketones is 1. The molecule has 2 aliphatic rings. The van der Waals surface area contributed by atoms with Crippen molar-refractivity contribution in [2.24, 2.45) is 5.92 Å². The highest BCUT2D eigenvalue weighted by atomic mass is 16.6. The number of phenols is 1. The lowest BCUT2D eigenvalue weighted by atomic mass is 9.72. The molecule has 2 aromatic carbocycles. The second-order valence-electron chi connectivity index (χ2n) is 8.93. The summed E-state index contributed by atoms with van der Waals surface area (Å²) in [5.41, 5.74) is 4.51. The fourth-order valence-corrected chi connectivity index (χ4v) is 4.94. The maximum absolute atomic E-state index is 13.5. The van der Waals surface area contributed by atoms with Crippen molar-refractivity contribution in [2.45, 2.75) is 38.5 Å². The number of esters is 1. The quantitative estimate of drug-likeness (QED) is 0.448. The second-order valence-corrected chi connectivity index (χ2v) is 8.93. The average molecular weight is 462 g/mol. The molecule has 1 aliphatic heterocycles. The summed E-state index contributed by atoms with van der Waals surface area (Å²) in [6.45, 7) is 2.25. The first-order chi connectivity index (χ1) is 16.5. The van der Waals surface area contributed by atoms with Crippen LogP contribution in [0.4, 0.5) is 0 Å². The monoisotopic (exact) mass is 461 g/mol. The van der Waals surface area contributed by atoms with Gasteiger partial charge in [-0.15, -0.1) is 0 Å². The molecule has 2 unspecified atom stereocenters. The van der Waals surface area contributed by atoms with Crippen LogP contribution in [0.3, 0.4) is 0 Å². The molecule has 0 saturated carbocycles. The van der Waals surface area contributed by atoms with Crippen molar-refractivity contribution in [3.8, 4) is 5.75 Å². The number of nitrogens with one attached hydrogen (secondary N) is 1. The van der Waals surface area contributed by atoms with Crippen molar-refractivity contribution in [3.63, 3.8) is 0 Å². The zero-order valence-electron chi connectivity index (χ0n) is 19.7. The first-order valence-corrected chi connectivity index (χ1v) is 11.7. The standard InChI is InChI=1S/C28H31NO5/c1-18-25(28(32)34-14-13-33-2)26(21-9-6-10-22(30)17-21)27-23(29-18)15-20(16-24(27)31)12-11-19-7-4-3-5-8-19/h3-10,17,20,26,29-30H,11-16H2,1-2H3. The van der Waals surface area contributed by atoms with Gasteiger partial charge in [-0.25, -0.2) is 4.79 Å². The zero-order chi connectivity index (χ0) is 24.1. The van der Waals surface area contributed by atoms with E-state index in [-0.39, 0.29) is 30.7 Å². The highest BCUT2D eigenvalue weighted by Gasteiger charge is 2.41. The lowest BCUT2D eigenvalue weighted by molar-refractivity contribution is -0.140. The number of rotatable bonds is 8. The highest BCUT2D eigenvalue weighted by Crippen LogP contribution is 2.44. The minimum absolute atomic E-state index is 0.0369. The number of hydrogen-bond acceptors (Lipinski definition) is 6. The summed E-state index contributed by atoms with van der Waals surface area (Å²) in [4.78, 5) is 26.6. The molecule has 2 aromatic rings. The fraction of sp³-hybridized carbons (Fsp3) is 0.357. The third-order valence-electron chi connectivity index (χ3n) is 6.54. The summed E-state index contributed by atoms with van der Waals surface area (Å²) < 4.78 is 10.4. The van der Waals surface area contributed by atoms with Crippen LogP contribution in [0.25, 0.3) is 0 Å². The van der Waals surface area contributed by atoms with E-state index in [2.05, 4.69) is 17.4 Å². The van der Waals surface area contributed by atoms with Crippen LogP contribution in [-0.2, 0) is 25.5 Å². The van der Waals surface area contributed by atoms with E-state index in [0.29, 0.717) is 28.8 Å². The van der Waals surface area contributed by atoms with Crippen LogP contribution in [0.15, 0.2) is 77.1 Å². The molecule has 0 saturated heterocycles. The van der Waals surface area contributed by atoms with E-state index in [9.17, 15) is 14.7 Å². The van der Waals surface area contributed by atoms with Crippen LogP contribution in [0, 0.1) is 5.92 Å². The minimum Gasteiger partial charge on any atom is -0.508 e. The topological polar surface area (TPSA) is 84.9 Å². The lowest BCUT2D eigenvalue weighted by Crippen LogP contribution is -2.36. The zero-order valence-corrected chi connectivity index (χ0v) is 19.7. The number of carbonyl (C=O) groups is 2. The van der Waals surface area contributed by atoms with E-state index in [0.717, 1.165) is 25.0 Å². The van der Waals surface area contributed by atoms with Crippen molar-refractivity contribution in [1.29, 1.82) is 0 Å². The summed E-state index contributed by atoms with van der Waals surface area (Å²) in [5.74, 6) is -0.713. The molecule has 1 aliphatic carbocycles. The molecule has 1 heterocycles. The molecule has 34 heavy (non-hydrogen) atoms. The smallest absolute Gasteiger partial charge is 0.336 e. The number of benzene rings is 2. The summed E-state index contributed by atoms with van der Waals surface area (Å²) in [5, 5.41) is 13.5. The molecule has 6 heteroatoms. The van der Waals surface area contributed by atoms with Crippen LogP contribution in [0.2, 0.25) is 0 Å². The van der Waals surface area contributed by atoms with Crippen LogP contribution in [0.5, 0.6) is 5.75 Å². The molecule has 178 valence electrons. The molecular formula is C28H31NO5. The first-order valence-electron chi connectivity index (χ1n) is 11.7. The number of ether oxygens (including phenoxy) is 2. The molecule has 0 radical (unpaired) electrons. The van der Waals surface area contributed by atoms with Gasteiger partial charge in [0.05, 0.1) is 12.2 Å². The predicted molar refractivity (Wildman–Crippen MR) is 129 cm³/mol. The number of Topliss-reactive ketones (excluding diaryl/α,β-unsaturated/α-hetero) is 1. The second kappa shape index (κ2) is 10.7. The van der Waals surface area contributed by atoms with E-state index in [4.69, 9.17) is 9.47 Å². The highest BCUT2D eigenvalue weighted by molar-refractivity contribution is 6.04. The number of aryl methyl sites for hydroxylation is 1. The van der Waals surface area contributed by atoms with Crippen molar-refractivity contribution >= 4 is 11.8 Å². The minimum atomic E-state index is -0.582. The summed E-state index contributed by atoms with van der Waals surface area (Å²) in [7, 11) is 1.54. The first kappa shape index (κ1) is 23.8. The van der Waals surface area contributed by atoms with Crippen LogP contribution in [-0.4, -0.2) is 37.2 Å². The molecule has 0 fully saturated rings. The maximum atomic E-state index is 13.5. The molecular weight excluding hydrogens is 430 g/mol. The number of allylic oxidation sites excluding steroid dienone is 3. The average Bonchev–Trinajstić information content (AvgIpc) is 2.82. The number of methoxy groups -OCH3 is 1. The van der Waals surface area contributed by atoms with Gasteiger partial charge in [0, 0.05) is 36.4 Å². The Balaban J connectivity index is 1.63. The molecule has 2 N–H and O–H groups in total. The summed E-state index contributed by atoms with van der Waals surface area (Å²) in [6, 6.07) is 17.1. The summed E-state index contributed by atoms with van der Waals surface area (Å²) >= 11 is 0. The Morgan fingerprint density at radius 2 is 1.88 bits per heavy atom. The van der Waals surface area contributed by atoms with Gasteiger partial charge in [-0.2, -0.15) is 0 Å². The van der Waals surface area contributed by atoms with Gasteiger partial charge in [0.1, 0.15) is 12.4 Å². The van der Waals surface area contributed by atoms with Gasteiger partial charge in [0.15, 0.2) is 5.78 Å². The number of hydrogen-bond donors (Lipinski definition) is 2. The van der Waals surface area contributed by atoms with Crippen molar-refractivity contribution < 1.29 is 24.2 Å². The van der Waals surface area contributed by atoms with Crippen LogP contribution < -0.4 is 5.32 Å². The van der Waals surface area contributed by atoms with Gasteiger partial charge in [-0.3, -0.25) is 4.79 Å². The third kappa shape index (κ3) is 5.23. The molecule has 0 spiro atoms. The number of dihydropyridines is 1. The van der Waals surface area contributed by atoms with Crippen molar-refractivity contribution in [1.82, 2.24) is 5.32 Å². The van der Waals surface area contributed by atoms with Crippen molar-refractivity contribution in [3.05, 3.63) is 88.3 Å². The van der Waals surface area contributed by atoms with Gasteiger partial charge in [-0.05, 0) is 55.4 Å². The Morgan fingerprint density at radius 1 is 1.09 bits per heavy atom. The van der Waals surface area contributed by atoms with E-state index < -0.39 is 11.9 Å². The lowest BCUT2D eigenvalue weighted by Gasteiger charge is -2.36. The third-order valence-corrected chi connectivity index (χ3v) is 6.54. The van der Waals surface area contributed by atoms with Gasteiger partial charge in [0.2, 0.25) is 0 Å². The van der Waals surface area contributed by atoms with Crippen LogP contribution >= 0.6 is 0 Å². The van der Waals surface area contributed by atoms with E-state index >= 15 is 0 Å². The predicted octanol–water partition coefficient (Wildman–Crippen LogP) is 4.41. The Bertz CT molecular complexity index is 1120. The van der Waals surface area contributed by atoms with Crippen molar-refractivity contribution in [2.75, 3.05) is 20.3 Å². The van der Waals surface area contributed by atoms with E-state index in [1.165, 1.54) is 5.56 Å². The van der Waals surface area contributed by atoms with E-state index in [1.54, 1.807) is 25.3 Å². The largest absolute Gasteiger partial charge is 0.508 e. The molecule has 6 nitrogen and oxygen atoms in total. The van der Waals surface area contributed by atoms with Gasteiger partial charge in [-0.1, -0.05) is 42.5 Å². The van der Waals surface area contributed by atoms with Gasteiger partial charge < -0.3 is 19.9 Å². The SMILES string of the molecule is COCCOC(=O)C1=C(C)NC2=C(C(=O)CC(CCc3ccccc3)C2)C1c1cccc(O)c1. The Labute approximate surface area is 200 Å². The fourth-order valence-electron chi connectivity index (χ4n) is 4.94. The Morgan fingerprint density at radius 3 is 2.62 bits per heavy atom. The molecule has 0 aromatic heterocycles. The number of phenolic OH excluding ortho intramolecular Hbond substituents is 1. The normalized spacial score (nSPS) is 20.1. The molecule has 4 rings (SSSR count). The number of aromatic hydroxyl groups is 1. The van der Waals surface area contributed by atoms with E-state index in [1.807, 2.05) is 31.2 Å². The maximum Gasteiger partial charge on any atom is 0.336 e. The van der Waals surface area contributed by atoms with Gasteiger partial charge >= 0.3 is 5.97 Å². The number of carbonyl (C=O) groups excluding carboxylic acids is 2. The molecule has 0 amide bonds. The Kier molecular flexibility index (Phi) is 7.48. The summed E-state index contributed by atoms with van der Waals surface area (Å²) in [6.07, 6.45) is 3.02. The molecule has 2 atom stereocenters. The van der Waals surface area contributed by atoms with Gasteiger partial charge in [0.25, 0.3) is 0 Å².